The molecule has 2 atom stereocenters. The van der Waals surface area contributed by atoms with Crippen LogP contribution in [0.4, 0.5) is 35.3 Å². The molecule has 0 aromatic carbocycles. The maximum Gasteiger partial charge on any atom is 0.251 e. The van der Waals surface area contributed by atoms with Crippen LogP contribution in [0, 0.1) is 33.6 Å². The Labute approximate surface area is 326 Å². The average Bonchev–Trinajstić information content (AvgIpc) is 3.87. The summed E-state index contributed by atoms with van der Waals surface area (Å²) in [7, 11) is 0. The number of halogens is 4. The highest BCUT2D eigenvalue weighted by Crippen LogP contribution is 2.42. The molecule has 6 heterocycles. The van der Waals surface area contributed by atoms with Crippen LogP contribution < -0.4 is 15.5 Å². The Morgan fingerprint density at radius 3 is 2.07 bits per heavy atom. The zero-order valence-electron chi connectivity index (χ0n) is 31.9. The fraction of sp³-hybridized carbons (Fsp3) is 0.553. The lowest BCUT2D eigenvalue weighted by Gasteiger charge is -2.36. The van der Waals surface area contributed by atoms with E-state index in [9.17, 15) is 8.78 Å². The van der Waals surface area contributed by atoms with Crippen molar-refractivity contribution in [3.63, 3.8) is 0 Å². The highest BCUT2D eigenvalue weighted by atomic mass is 32.1. The molecule has 0 amide bonds. The molecule has 0 spiro atoms. The molecule has 1 aliphatic heterocycles. The van der Waals surface area contributed by atoms with Crippen LogP contribution in [0.5, 0.6) is 0 Å². The van der Waals surface area contributed by atoms with Gasteiger partial charge in [0.15, 0.2) is 11.6 Å². The Kier molecular flexibility index (Phi) is 10.4. The largest absolute Gasteiger partial charge is 0.378 e. The first-order chi connectivity index (χ1) is 26.8. The third kappa shape index (κ3) is 8.50. The van der Waals surface area contributed by atoms with Crippen LogP contribution in [-0.2, 0) is 11.2 Å². The van der Waals surface area contributed by atoms with Gasteiger partial charge in [-0.15, -0.1) is 11.3 Å². The number of ether oxygens (including phenoxy) is 1. The van der Waals surface area contributed by atoms with Crippen LogP contribution in [0.25, 0.3) is 22.3 Å². The Bertz CT molecular complexity index is 2170. The average molecular weight is 795 g/mol. The van der Waals surface area contributed by atoms with E-state index in [1.165, 1.54) is 11.3 Å². The van der Waals surface area contributed by atoms with E-state index in [1.54, 1.807) is 15.4 Å². The number of thiazole rings is 1. The summed E-state index contributed by atoms with van der Waals surface area (Å²) in [5, 5.41) is 18.7. The number of hydrogen-bond donors (Lipinski definition) is 2. The van der Waals surface area contributed by atoms with Crippen molar-refractivity contribution in [2.75, 3.05) is 41.8 Å². The van der Waals surface area contributed by atoms with Crippen LogP contribution in [0.1, 0.15) is 73.4 Å². The van der Waals surface area contributed by atoms with Crippen molar-refractivity contribution in [2.45, 2.75) is 103 Å². The third-order valence-electron chi connectivity index (χ3n) is 10.8. The van der Waals surface area contributed by atoms with Gasteiger partial charge in [0.25, 0.3) is 5.92 Å². The molecule has 0 bridgehead atoms. The van der Waals surface area contributed by atoms with Crippen molar-refractivity contribution in [2.24, 2.45) is 5.92 Å². The number of nitrogens with zero attached hydrogens (tertiary/aromatic N) is 10. The van der Waals surface area contributed by atoms with E-state index >= 15 is 8.78 Å². The van der Waals surface area contributed by atoms with Crippen LogP contribution >= 0.6 is 11.3 Å². The molecule has 3 fully saturated rings. The quantitative estimate of drug-likeness (QED) is 0.138. The normalized spacial score (nSPS) is 21.3. The van der Waals surface area contributed by atoms with E-state index in [-0.39, 0.29) is 69.4 Å². The number of aromatic nitrogens is 9. The zero-order valence-corrected chi connectivity index (χ0v) is 32.7. The van der Waals surface area contributed by atoms with Crippen molar-refractivity contribution in [3.8, 4) is 22.3 Å². The second-order valence-electron chi connectivity index (χ2n) is 15.3. The molecular weight excluding hydrogens is 749 g/mol. The van der Waals surface area contributed by atoms with Crippen molar-refractivity contribution in [3.05, 3.63) is 58.1 Å². The summed E-state index contributed by atoms with van der Waals surface area (Å²) in [5.41, 5.74) is 4.41. The summed E-state index contributed by atoms with van der Waals surface area (Å²) >= 11 is 1.50. The van der Waals surface area contributed by atoms with Gasteiger partial charge in [0.2, 0.25) is 17.8 Å². The summed E-state index contributed by atoms with van der Waals surface area (Å²) in [6, 6.07) is 6.83. The number of rotatable bonds is 10. The first kappa shape index (κ1) is 38.2. The number of hydrogen-bond acceptors (Lipinski definition) is 12. The zero-order chi connectivity index (χ0) is 39.2. The van der Waals surface area contributed by atoms with Gasteiger partial charge < -0.3 is 20.3 Å². The van der Waals surface area contributed by atoms with Gasteiger partial charge in [0, 0.05) is 84.9 Å². The lowest BCUT2D eigenvalue weighted by molar-refractivity contribution is -0.0879. The molecule has 56 heavy (non-hydrogen) atoms. The minimum absolute atomic E-state index is 0.0318. The standard InChI is InChI=1S/C38H46F4N12OS/c1-22-15-25(4)53(50-22)32-20-33(49-36(48-32)44-27-5-8-37(39,40)9-6-27)54-29(16-23(2)51-54)18-26-17-28(7-10-38(26,41)42)45-35-46-30(34-43-24(3)21-56-34)19-31(47-35)52-11-13-55-14-12-52/h15-16,19-21,26-28H,5-14,17-18H2,1-4H3,(H,44,48,49)(H,45,46,47). The Balaban J connectivity index is 1.07. The van der Waals surface area contributed by atoms with Crippen molar-refractivity contribution in [1.82, 2.24) is 44.5 Å². The monoisotopic (exact) mass is 794 g/mol. The van der Waals surface area contributed by atoms with Crippen molar-refractivity contribution < 1.29 is 22.3 Å². The number of aryl methyl sites for hydroxylation is 4. The predicted octanol–water partition coefficient (Wildman–Crippen LogP) is 7.28. The second kappa shape index (κ2) is 15.3. The summed E-state index contributed by atoms with van der Waals surface area (Å²) < 4.78 is 68.6. The molecule has 2 saturated carbocycles. The van der Waals surface area contributed by atoms with Gasteiger partial charge in [-0.25, -0.2) is 36.9 Å². The van der Waals surface area contributed by atoms with Gasteiger partial charge in [-0.2, -0.15) is 25.1 Å². The van der Waals surface area contributed by atoms with E-state index < -0.39 is 17.8 Å². The topological polar surface area (TPSA) is 137 Å². The van der Waals surface area contributed by atoms with E-state index in [0.717, 1.165) is 27.9 Å². The molecule has 2 unspecified atom stereocenters. The molecule has 1 saturated heterocycles. The highest BCUT2D eigenvalue weighted by Gasteiger charge is 2.45. The molecule has 0 radical (unpaired) electrons. The van der Waals surface area contributed by atoms with Crippen molar-refractivity contribution in [1.29, 1.82) is 0 Å². The molecule has 13 nitrogen and oxygen atoms in total. The van der Waals surface area contributed by atoms with Gasteiger partial charge in [-0.05, 0) is 71.9 Å². The van der Waals surface area contributed by atoms with Crippen LogP contribution in [-0.4, -0.2) is 94.7 Å². The second-order valence-corrected chi connectivity index (χ2v) is 16.2. The molecule has 5 aromatic heterocycles. The van der Waals surface area contributed by atoms with Crippen LogP contribution in [0.2, 0.25) is 0 Å². The number of morpholine rings is 1. The van der Waals surface area contributed by atoms with Crippen molar-refractivity contribution >= 4 is 29.1 Å². The van der Waals surface area contributed by atoms with Crippen LogP contribution in [0.3, 0.4) is 0 Å². The summed E-state index contributed by atoms with van der Waals surface area (Å²) in [5.74, 6) is -4.47. The first-order valence-corrected chi connectivity index (χ1v) is 20.1. The third-order valence-corrected chi connectivity index (χ3v) is 11.7. The number of nitrogens with one attached hydrogen (secondary N) is 2. The Hall–Kier alpha value is -4.71. The lowest BCUT2D eigenvalue weighted by Crippen LogP contribution is -2.42. The molecule has 18 heteroatoms. The molecule has 2 aliphatic carbocycles. The minimum Gasteiger partial charge on any atom is -0.378 e. The Morgan fingerprint density at radius 1 is 0.732 bits per heavy atom. The van der Waals surface area contributed by atoms with E-state index in [2.05, 4.69) is 25.6 Å². The van der Waals surface area contributed by atoms with Gasteiger partial charge in [0.05, 0.1) is 24.6 Å². The fourth-order valence-corrected chi connectivity index (χ4v) is 8.62. The number of alkyl halides is 4. The van der Waals surface area contributed by atoms with E-state index in [0.29, 0.717) is 61.0 Å². The van der Waals surface area contributed by atoms with E-state index in [4.69, 9.17) is 29.8 Å². The molecule has 5 aromatic rings. The highest BCUT2D eigenvalue weighted by molar-refractivity contribution is 7.13. The molecule has 298 valence electrons. The fourth-order valence-electron chi connectivity index (χ4n) is 7.87. The van der Waals surface area contributed by atoms with Crippen LogP contribution in [0.15, 0.2) is 29.6 Å². The van der Waals surface area contributed by atoms with E-state index in [1.807, 2.05) is 51.3 Å². The first-order valence-electron chi connectivity index (χ1n) is 19.2. The maximum atomic E-state index is 15.9. The molecule has 2 N–H and O–H groups in total. The molecule has 8 rings (SSSR count). The molecular formula is C38H46F4N12OS. The summed E-state index contributed by atoms with van der Waals surface area (Å²) in [6.45, 7) is 10.1. The smallest absolute Gasteiger partial charge is 0.251 e. The van der Waals surface area contributed by atoms with Gasteiger partial charge in [-0.1, -0.05) is 0 Å². The van der Waals surface area contributed by atoms with Gasteiger partial charge in [-0.3, -0.25) is 0 Å². The molecule has 3 aliphatic rings. The minimum atomic E-state index is -2.93. The predicted molar refractivity (Wildman–Crippen MR) is 206 cm³/mol. The maximum absolute atomic E-state index is 15.9. The lowest BCUT2D eigenvalue weighted by atomic mass is 9.80. The number of anilines is 3. The summed E-state index contributed by atoms with van der Waals surface area (Å²) in [4.78, 5) is 25.9. The Morgan fingerprint density at radius 2 is 1.38 bits per heavy atom. The van der Waals surface area contributed by atoms with Gasteiger partial charge >= 0.3 is 0 Å². The summed E-state index contributed by atoms with van der Waals surface area (Å²) in [6.07, 6.45) is 0.247. The van der Waals surface area contributed by atoms with Gasteiger partial charge in [0.1, 0.15) is 16.5 Å². The SMILES string of the molecule is Cc1csc(-c2cc(N3CCOCC3)nc(NC3CCC(F)(F)C(Cc4cc(C)nn4-c4cc(-n5nc(C)cc5C)nc(NC5CCC(F)(F)CC5)n4)C3)n2)n1.